The lowest BCUT2D eigenvalue weighted by atomic mass is 10.0. The second kappa shape index (κ2) is 12.3. The van der Waals surface area contributed by atoms with Gasteiger partial charge in [0.2, 0.25) is 0 Å². The van der Waals surface area contributed by atoms with Crippen LogP contribution in [-0.4, -0.2) is 23.8 Å². The van der Waals surface area contributed by atoms with Crippen molar-refractivity contribution < 1.29 is 26.7 Å². The summed E-state index contributed by atoms with van der Waals surface area (Å²) in [5.74, 6) is -2.85. The maximum Gasteiger partial charge on any atom is 0.412 e. The van der Waals surface area contributed by atoms with Gasteiger partial charge in [0.1, 0.15) is 11.6 Å². The van der Waals surface area contributed by atoms with Gasteiger partial charge in [-0.05, 0) is 67.1 Å². The smallest absolute Gasteiger partial charge is 0.383 e. The molecule has 6 nitrogen and oxygen atoms in total. The normalized spacial score (nSPS) is 12.5. The van der Waals surface area contributed by atoms with Gasteiger partial charge in [0.15, 0.2) is 11.6 Å². The molecule has 1 heterocycles. The summed E-state index contributed by atoms with van der Waals surface area (Å²) >= 11 is 0. The van der Waals surface area contributed by atoms with Gasteiger partial charge in [-0.3, -0.25) is 4.79 Å². The van der Waals surface area contributed by atoms with Crippen molar-refractivity contribution in [3.05, 3.63) is 106 Å². The number of carbonyl (C=O) groups excluding carboxylic acids is 1. The van der Waals surface area contributed by atoms with Crippen LogP contribution in [0.15, 0.2) is 82.8 Å². The van der Waals surface area contributed by atoms with Crippen LogP contribution in [0.5, 0.6) is 0 Å². The molecule has 1 aromatic heterocycles. The van der Waals surface area contributed by atoms with Crippen LogP contribution < -0.4 is 16.4 Å². The first-order valence-electron chi connectivity index (χ1n) is 11.6. The molecule has 204 valence electrons. The monoisotopic (exact) mass is 543 g/mol. The Morgan fingerprint density at radius 2 is 1.64 bits per heavy atom. The molecule has 0 aliphatic rings. The zero-order valence-electron chi connectivity index (χ0n) is 21.2. The molecule has 0 saturated heterocycles. The summed E-state index contributed by atoms with van der Waals surface area (Å²) in [5.41, 5.74) is 7.84. The van der Waals surface area contributed by atoms with Crippen molar-refractivity contribution in [3.8, 4) is 11.1 Å². The number of halogens is 5. The number of carbonyl (C=O) groups is 1. The average Bonchev–Trinajstić information content (AvgIpc) is 2.90. The minimum absolute atomic E-state index is 0.118. The number of aryl methyl sites for hydroxylation is 1. The molecule has 3 rings (SSSR count). The molecule has 39 heavy (non-hydrogen) atoms. The second-order valence-electron chi connectivity index (χ2n) is 8.65. The number of anilines is 1. The number of nitrogens with two attached hydrogens (primary N) is 1. The highest BCUT2D eigenvalue weighted by atomic mass is 19.4. The maximum absolute atomic E-state index is 13.5. The SMILES string of the molecule is C=N/C(NCc1ccc(-c2cnc(N)c(C)c2)cc1)=C(\C=C(/C)C(F)(F)F)C(=O)NCc1ccc(F)c(F)c1. The summed E-state index contributed by atoms with van der Waals surface area (Å²) in [7, 11) is 0. The molecule has 0 aliphatic heterocycles. The van der Waals surface area contributed by atoms with Crippen molar-refractivity contribution in [1.29, 1.82) is 0 Å². The van der Waals surface area contributed by atoms with E-state index in [4.69, 9.17) is 5.73 Å². The standard InChI is InChI=1S/C28H26F5N5O/c1-16-10-21(15-36-25(16)34)20-7-4-18(5-8-20)13-37-26(35-3)22(11-17(2)28(31,32)33)27(39)38-14-19-6-9-23(29)24(30)12-19/h4-12,15,37H,3,13-14H2,1-2H3,(H2,34,36)(H,38,39)/b17-11+,26-22-. The van der Waals surface area contributed by atoms with Gasteiger partial charge < -0.3 is 16.4 Å². The molecule has 2 aromatic carbocycles. The molecular weight excluding hydrogens is 517 g/mol. The summed E-state index contributed by atoms with van der Waals surface area (Å²) in [4.78, 5) is 20.8. The van der Waals surface area contributed by atoms with Gasteiger partial charge in [-0.25, -0.2) is 18.8 Å². The summed E-state index contributed by atoms with van der Waals surface area (Å²) in [6, 6.07) is 12.2. The van der Waals surface area contributed by atoms with Crippen LogP contribution in [0.1, 0.15) is 23.6 Å². The van der Waals surface area contributed by atoms with E-state index in [1.807, 2.05) is 25.1 Å². The number of benzene rings is 2. The molecule has 1 amide bonds. The van der Waals surface area contributed by atoms with Gasteiger partial charge in [0, 0.05) is 30.4 Å². The van der Waals surface area contributed by atoms with Gasteiger partial charge in [-0.1, -0.05) is 30.3 Å². The minimum atomic E-state index is -4.69. The van der Waals surface area contributed by atoms with Crippen LogP contribution in [0, 0.1) is 18.6 Å². The van der Waals surface area contributed by atoms with Crippen molar-refractivity contribution in [3.63, 3.8) is 0 Å². The van der Waals surface area contributed by atoms with E-state index in [0.717, 1.165) is 41.3 Å². The number of amides is 1. The third kappa shape index (κ3) is 7.73. The van der Waals surface area contributed by atoms with Crippen LogP contribution in [0.3, 0.4) is 0 Å². The van der Waals surface area contributed by atoms with E-state index in [2.05, 4.69) is 27.3 Å². The molecule has 0 fully saturated rings. The molecule has 0 radical (unpaired) electrons. The van der Waals surface area contributed by atoms with E-state index in [0.29, 0.717) is 11.9 Å². The molecule has 3 aromatic rings. The van der Waals surface area contributed by atoms with Crippen molar-refractivity contribution in [2.24, 2.45) is 4.99 Å². The average molecular weight is 544 g/mol. The highest BCUT2D eigenvalue weighted by Gasteiger charge is 2.31. The topological polar surface area (TPSA) is 92.4 Å². The first kappa shape index (κ1) is 29.0. The fraction of sp³-hybridized carbons (Fsp3) is 0.179. The maximum atomic E-state index is 13.5. The number of nitrogens with one attached hydrogen (secondary N) is 2. The van der Waals surface area contributed by atoms with E-state index >= 15 is 0 Å². The van der Waals surface area contributed by atoms with Gasteiger partial charge in [0.25, 0.3) is 5.91 Å². The van der Waals surface area contributed by atoms with Crippen LogP contribution in [0.4, 0.5) is 27.8 Å². The third-order valence-electron chi connectivity index (χ3n) is 5.77. The fourth-order valence-electron chi connectivity index (χ4n) is 3.45. The Morgan fingerprint density at radius 3 is 2.23 bits per heavy atom. The van der Waals surface area contributed by atoms with Crippen LogP contribution in [0.25, 0.3) is 11.1 Å². The number of pyridine rings is 1. The van der Waals surface area contributed by atoms with Gasteiger partial charge in [0.05, 0.1) is 5.57 Å². The Hall–Kier alpha value is -4.54. The Balaban J connectivity index is 1.83. The predicted molar refractivity (Wildman–Crippen MR) is 140 cm³/mol. The van der Waals surface area contributed by atoms with E-state index < -0.39 is 34.9 Å². The number of aliphatic imine (C=N–C) groups is 1. The van der Waals surface area contributed by atoms with Gasteiger partial charge in [-0.2, -0.15) is 13.2 Å². The van der Waals surface area contributed by atoms with Crippen molar-refractivity contribution >= 4 is 18.4 Å². The molecule has 0 spiro atoms. The van der Waals surface area contributed by atoms with E-state index in [-0.39, 0.29) is 24.5 Å². The number of allylic oxidation sites excluding steroid dienone is 1. The predicted octanol–water partition coefficient (Wildman–Crippen LogP) is 5.74. The molecule has 0 saturated carbocycles. The molecule has 0 aliphatic carbocycles. The third-order valence-corrected chi connectivity index (χ3v) is 5.77. The van der Waals surface area contributed by atoms with Crippen LogP contribution in [0.2, 0.25) is 0 Å². The number of hydrogen-bond donors (Lipinski definition) is 3. The Bertz CT molecular complexity index is 1430. The fourth-order valence-corrected chi connectivity index (χ4v) is 3.45. The Labute approximate surface area is 222 Å². The number of alkyl halides is 3. The zero-order chi connectivity index (χ0) is 28.7. The number of aromatic nitrogens is 1. The quantitative estimate of drug-likeness (QED) is 0.139. The first-order valence-corrected chi connectivity index (χ1v) is 11.6. The van der Waals surface area contributed by atoms with Gasteiger partial charge in [-0.15, -0.1) is 0 Å². The number of nitrogens with zero attached hydrogens (tertiary/aromatic N) is 2. The van der Waals surface area contributed by atoms with Gasteiger partial charge >= 0.3 is 6.18 Å². The van der Waals surface area contributed by atoms with Crippen molar-refractivity contribution in [2.75, 3.05) is 5.73 Å². The summed E-state index contributed by atoms with van der Waals surface area (Å²) < 4.78 is 66.5. The highest BCUT2D eigenvalue weighted by molar-refractivity contribution is 5.97. The lowest BCUT2D eigenvalue weighted by Crippen LogP contribution is -2.28. The summed E-state index contributed by atoms with van der Waals surface area (Å²) in [5, 5.41) is 5.26. The Morgan fingerprint density at radius 1 is 1.00 bits per heavy atom. The second-order valence-corrected chi connectivity index (χ2v) is 8.65. The van der Waals surface area contributed by atoms with Crippen LogP contribution in [-0.2, 0) is 17.9 Å². The minimum Gasteiger partial charge on any atom is -0.383 e. The first-order chi connectivity index (χ1) is 18.4. The Kier molecular flexibility index (Phi) is 9.18. The van der Waals surface area contributed by atoms with Crippen molar-refractivity contribution in [1.82, 2.24) is 15.6 Å². The molecule has 0 atom stereocenters. The lowest BCUT2D eigenvalue weighted by Gasteiger charge is -2.14. The zero-order valence-corrected chi connectivity index (χ0v) is 21.2. The number of rotatable bonds is 9. The van der Waals surface area contributed by atoms with Crippen molar-refractivity contribution in [2.45, 2.75) is 33.1 Å². The number of hydrogen-bond acceptors (Lipinski definition) is 5. The molecule has 4 N–H and O–H groups in total. The molecular formula is C28H26F5N5O. The summed E-state index contributed by atoms with van der Waals surface area (Å²) in [6.07, 6.45) is -2.39. The van der Waals surface area contributed by atoms with E-state index in [9.17, 15) is 26.7 Å². The highest BCUT2D eigenvalue weighted by Crippen LogP contribution is 2.27. The van der Waals surface area contributed by atoms with E-state index in [1.54, 1.807) is 18.3 Å². The molecule has 0 bridgehead atoms. The molecule has 11 heteroatoms. The lowest BCUT2D eigenvalue weighted by molar-refractivity contribution is -0.117. The summed E-state index contributed by atoms with van der Waals surface area (Å²) in [6.45, 7) is 5.91. The largest absolute Gasteiger partial charge is 0.412 e. The number of nitrogen functional groups attached to an aromatic ring is 1. The van der Waals surface area contributed by atoms with E-state index in [1.165, 1.54) is 6.07 Å². The van der Waals surface area contributed by atoms with Crippen LogP contribution >= 0.6 is 0 Å². The molecule has 0 unspecified atom stereocenters.